The molecule has 3 rings (SSSR count). The van der Waals surface area contributed by atoms with E-state index in [0.29, 0.717) is 5.92 Å². The van der Waals surface area contributed by atoms with E-state index in [9.17, 15) is 0 Å². The van der Waals surface area contributed by atoms with Crippen molar-refractivity contribution in [3.8, 4) is 0 Å². The molecule has 3 nitrogen and oxygen atoms in total. The van der Waals surface area contributed by atoms with Crippen molar-refractivity contribution in [2.75, 3.05) is 6.54 Å². The van der Waals surface area contributed by atoms with Crippen LogP contribution < -0.4 is 5.32 Å². The lowest BCUT2D eigenvalue weighted by Crippen LogP contribution is -2.29. The molecular formula is C14H15N3. The van der Waals surface area contributed by atoms with Gasteiger partial charge in [0, 0.05) is 25.2 Å². The second-order valence-corrected chi connectivity index (χ2v) is 4.43. The van der Waals surface area contributed by atoms with E-state index in [-0.39, 0.29) is 0 Å². The van der Waals surface area contributed by atoms with Crippen LogP contribution in [-0.2, 0) is 13.0 Å². The van der Waals surface area contributed by atoms with E-state index in [0.717, 1.165) is 18.8 Å². The van der Waals surface area contributed by atoms with E-state index in [1.807, 2.05) is 6.07 Å². The van der Waals surface area contributed by atoms with E-state index < -0.39 is 0 Å². The number of rotatable bonds is 4. The highest BCUT2D eigenvalue weighted by Crippen LogP contribution is 2.33. The van der Waals surface area contributed by atoms with Crippen molar-refractivity contribution in [3.63, 3.8) is 0 Å². The molecule has 86 valence electrons. The molecule has 1 aromatic heterocycles. The Morgan fingerprint density at radius 2 is 2.18 bits per heavy atom. The summed E-state index contributed by atoms with van der Waals surface area (Å²) in [4.78, 5) is 8.10. The number of hydrogen-bond acceptors (Lipinski definition) is 3. The van der Waals surface area contributed by atoms with Crippen LogP contribution in [0, 0.1) is 0 Å². The van der Waals surface area contributed by atoms with Crippen LogP contribution >= 0.6 is 0 Å². The molecule has 0 radical (unpaired) electrons. The Balaban J connectivity index is 1.51. The predicted molar refractivity (Wildman–Crippen MR) is 66.6 cm³/mol. The van der Waals surface area contributed by atoms with Crippen molar-refractivity contribution in [1.82, 2.24) is 15.3 Å². The molecule has 0 saturated heterocycles. The molecular weight excluding hydrogens is 210 g/mol. The fourth-order valence-electron chi connectivity index (χ4n) is 2.34. The first-order valence-electron chi connectivity index (χ1n) is 5.97. The quantitative estimate of drug-likeness (QED) is 0.863. The van der Waals surface area contributed by atoms with Gasteiger partial charge in [0.25, 0.3) is 0 Å². The molecule has 0 amide bonds. The maximum atomic E-state index is 4.19. The maximum Gasteiger partial charge on any atom is 0.115 e. The highest BCUT2D eigenvalue weighted by Gasteiger charge is 2.24. The number of benzene rings is 1. The third-order valence-electron chi connectivity index (χ3n) is 3.30. The van der Waals surface area contributed by atoms with Crippen LogP contribution in [0.25, 0.3) is 0 Å². The third-order valence-corrected chi connectivity index (χ3v) is 3.30. The maximum absolute atomic E-state index is 4.19. The molecule has 0 saturated carbocycles. The van der Waals surface area contributed by atoms with Gasteiger partial charge in [0.1, 0.15) is 6.33 Å². The molecule has 0 bridgehead atoms. The third kappa shape index (κ3) is 2.19. The summed E-state index contributed by atoms with van der Waals surface area (Å²) in [7, 11) is 0. The lowest BCUT2D eigenvalue weighted by atomic mass is 9.77. The standard InChI is InChI=1S/C14H15N3/c1-2-4-14-11(3-1)7-12(14)8-16-9-13-5-6-15-10-17-13/h1-6,10,12,16H,7-9H2. The van der Waals surface area contributed by atoms with Crippen molar-refractivity contribution in [2.45, 2.75) is 18.9 Å². The van der Waals surface area contributed by atoms with E-state index in [1.54, 1.807) is 12.5 Å². The number of fused-ring (bicyclic) bond motifs is 1. The minimum Gasteiger partial charge on any atom is -0.311 e. The normalized spacial score (nSPS) is 17.3. The zero-order chi connectivity index (χ0) is 11.5. The van der Waals surface area contributed by atoms with Crippen molar-refractivity contribution < 1.29 is 0 Å². The molecule has 1 N–H and O–H groups in total. The molecule has 1 heterocycles. The van der Waals surface area contributed by atoms with Gasteiger partial charge in [-0.15, -0.1) is 0 Å². The summed E-state index contributed by atoms with van der Waals surface area (Å²) in [5.41, 5.74) is 4.05. The molecule has 1 aromatic carbocycles. The van der Waals surface area contributed by atoms with Gasteiger partial charge in [0.15, 0.2) is 0 Å². The summed E-state index contributed by atoms with van der Waals surface area (Å²) in [5, 5.41) is 3.45. The predicted octanol–water partition coefficient (Wildman–Crippen LogP) is 1.91. The zero-order valence-electron chi connectivity index (χ0n) is 9.63. The first-order valence-corrected chi connectivity index (χ1v) is 5.97. The van der Waals surface area contributed by atoms with Gasteiger partial charge in [0.05, 0.1) is 5.69 Å². The van der Waals surface area contributed by atoms with Gasteiger partial charge in [-0.3, -0.25) is 0 Å². The molecule has 1 unspecified atom stereocenters. The average molecular weight is 225 g/mol. The van der Waals surface area contributed by atoms with Crippen molar-refractivity contribution in [3.05, 3.63) is 59.7 Å². The molecule has 0 fully saturated rings. The monoisotopic (exact) mass is 225 g/mol. The van der Waals surface area contributed by atoms with Crippen molar-refractivity contribution in [2.24, 2.45) is 0 Å². The summed E-state index contributed by atoms with van der Waals surface area (Å²) in [6.45, 7) is 1.85. The minimum absolute atomic E-state index is 0.674. The van der Waals surface area contributed by atoms with Gasteiger partial charge in [-0.05, 0) is 23.6 Å². The molecule has 1 aliphatic carbocycles. The lowest BCUT2D eigenvalue weighted by molar-refractivity contribution is 0.532. The molecule has 0 aliphatic heterocycles. The minimum atomic E-state index is 0.674. The van der Waals surface area contributed by atoms with Gasteiger partial charge in [0.2, 0.25) is 0 Å². The van der Waals surface area contributed by atoms with Crippen LogP contribution in [0.5, 0.6) is 0 Å². The Labute approximate surface area is 101 Å². The fraction of sp³-hybridized carbons (Fsp3) is 0.286. The van der Waals surface area contributed by atoms with E-state index in [1.165, 1.54) is 17.5 Å². The SMILES string of the molecule is c1ccc2c(c1)CC2CNCc1ccncn1. The highest BCUT2D eigenvalue weighted by atomic mass is 14.9. The Morgan fingerprint density at radius 1 is 1.24 bits per heavy atom. The van der Waals surface area contributed by atoms with Crippen LogP contribution in [0.2, 0.25) is 0 Å². The summed E-state index contributed by atoms with van der Waals surface area (Å²) in [5.74, 6) is 0.674. The number of nitrogens with one attached hydrogen (secondary N) is 1. The fourth-order valence-corrected chi connectivity index (χ4v) is 2.34. The van der Waals surface area contributed by atoms with E-state index in [4.69, 9.17) is 0 Å². The van der Waals surface area contributed by atoms with Gasteiger partial charge in [-0.1, -0.05) is 24.3 Å². The Morgan fingerprint density at radius 3 is 3.00 bits per heavy atom. The smallest absolute Gasteiger partial charge is 0.115 e. The largest absolute Gasteiger partial charge is 0.311 e. The van der Waals surface area contributed by atoms with Crippen LogP contribution in [0.15, 0.2) is 42.9 Å². The summed E-state index contributed by atoms with van der Waals surface area (Å²) in [6.07, 6.45) is 4.57. The summed E-state index contributed by atoms with van der Waals surface area (Å²) in [6, 6.07) is 10.6. The van der Waals surface area contributed by atoms with Crippen LogP contribution in [0.4, 0.5) is 0 Å². The number of hydrogen-bond donors (Lipinski definition) is 1. The lowest BCUT2D eigenvalue weighted by Gasteiger charge is -2.30. The second-order valence-electron chi connectivity index (χ2n) is 4.43. The summed E-state index contributed by atoms with van der Waals surface area (Å²) >= 11 is 0. The van der Waals surface area contributed by atoms with Crippen molar-refractivity contribution in [1.29, 1.82) is 0 Å². The molecule has 1 aliphatic rings. The second kappa shape index (κ2) is 4.63. The van der Waals surface area contributed by atoms with E-state index in [2.05, 4.69) is 39.6 Å². The Kier molecular flexibility index (Phi) is 2.84. The van der Waals surface area contributed by atoms with Crippen molar-refractivity contribution >= 4 is 0 Å². The van der Waals surface area contributed by atoms with Crippen LogP contribution in [0.3, 0.4) is 0 Å². The van der Waals surface area contributed by atoms with Gasteiger partial charge < -0.3 is 5.32 Å². The Hall–Kier alpha value is -1.74. The first kappa shape index (κ1) is 10.4. The van der Waals surface area contributed by atoms with Gasteiger partial charge >= 0.3 is 0 Å². The highest BCUT2D eigenvalue weighted by molar-refractivity contribution is 5.40. The molecule has 17 heavy (non-hydrogen) atoms. The topological polar surface area (TPSA) is 37.8 Å². The van der Waals surface area contributed by atoms with E-state index >= 15 is 0 Å². The zero-order valence-corrected chi connectivity index (χ0v) is 9.63. The van der Waals surface area contributed by atoms with Gasteiger partial charge in [-0.25, -0.2) is 9.97 Å². The summed E-state index contributed by atoms with van der Waals surface area (Å²) < 4.78 is 0. The number of aromatic nitrogens is 2. The molecule has 1 atom stereocenters. The molecule has 2 aromatic rings. The number of nitrogens with zero attached hydrogens (tertiary/aromatic N) is 2. The van der Waals surface area contributed by atoms with Crippen LogP contribution in [-0.4, -0.2) is 16.5 Å². The van der Waals surface area contributed by atoms with Gasteiger partial charge in [-0.2, -0.15) is 0 Å². The average Bonchev–Trinajstić information content (AvgIpc) is 2.36. The Bertz CT molecular complexity index is 496. The molecule has 3 heteroatoms. The first-order chi connectivity index (χ1) is 8.43. The molecule has 0 spiro atoms. The van der Waals surface area contributed by atoms with Crippen LogP contribution in [0.1, 0.15) is 22.7 Å².